The van der Waals surface area contributed by atoms with E-state index in [9.17, 15) is 23.9 Å². The lowest BCUT2D eigenvalue weighted by molar-refractivity contribution is -0.147. The van der Waals surface area contributed by atoms with Crippen LogP contribution in [0.3, 0.4) is 0 Å². The van der Waals surface area contributed by atoms with Gasteiger partial charge < -0.3 is 25.0 Å². The largest absolute Gasteiger partial charge is 0.480 e. The van der Waals surface area contributed by atoms with Crippen LogP contribution in [0.5, 0.6) is 0 Å². The van der Waals surface area contributed by atoms with Gasteiger partial charge in [-0.25, -0.2) is 19.0 Å². The van der Waals surface area contributed by atoms with Gasteiger partial charge in [-0.2, -0.15) is 0 Å². The molecule has 2 fully saturated rings. The Labute approximate surface area is 251 Å². The smallest absolute Gasteiger partial charge is 0.338 e. The van der Waals surface area contributed by atoms with Crippen molar-refractivity contribution in [2.24, 2.45) is 4.99 Å². The summed E-state index contributed by atoms with van der Waals surface area (Å²) in [5, 5.41) is 16.0. The summed E-state index contributed by atoms with van der Waals surface area (Å²) in [5.74, 6) is -1.91. The number of aromatic nitrogens is 1. The zero-order valence-corrected chi connectivity index (χ0v) is 25.2. The minimum absolute atomic E-state index is 0.0128. The van der Waals surface area contributed by atoms with Crippen LogP contribution < -0.4 is 5.32 Å². The summed E-state index contributed by atoms with van der Waals surface area (Å²) >= 11 is 7.79. The normalized spacial score (nSPS) is 23.0. The number of aliphatic carboxylic acids is 1. The third kappa shape index (κ3) is 5.60. The van der Waals surface area contributed by atoms with E-state index in [2.05, 4.69) is 10.3 Å². The van der Waals surface area contributed by atoms with Crippen molar-refractivity contribution in [2.45, 2.75) is 51.4 Å². The molecule has 2 N–H and O–H groups in total. The Morgan fingerprint density at radius 2 is 2.05 bits per heavy atom. The first-order valence-electron chi connectivity index (χ1n) is 13.6. The number of thiazole rings is 1. The number of nitrogens with zero attached hydrogens (tertiary/aromatic N) is 5. The first-order valence-corrected chi connectivity index (χ1v) is 14.8. The Bertz CT molecular complexity index is 1460. The van der Waals surface area contributed by atoms with E-state index < -0.39 is 41.4 Å². The van der Waals surface area contributed by atoms with E-state index in [-0.39, 0.29) is 42.9 Å². The van der Waals surface area contributed by atoms with Crippen LogP contribution in [-0.4, -0.2) is 99.0 Å². The van der Waals surface area contributed by atoms with E-state index in [1.165, 1.54) is 23.5 Å². The summed E-state index contributed by atoms with van der Waals surface area (Å²) < 4.78 is 19.4. The lowest BCUT2D eigenvalue weighted by Gasteiger charge is -2.42. The number of esters is 1. The van der Waals surface area contributed by atoms with Gasteiger partial charge >= 0.3 is 18.0 Å². The Morgan fingerprint density at radius 3 is 2.67 bits per heavy atom. The standard InChI is InChI=1S/C28H32ClFN6O5S/c1-5-41-26(39)20-18(13-34-9-10-35-19(22(34)25(37)38)14-36(27(35)40)28(2,3)4)32-23(24-31-8-11-42-24)33-21(20)16-7-6-15(30)12-17(16)29/h6-8,11-12,19,21-22H,5,9-10,13-14H2,1-4H3,(H,32,33)(H,37,38)/t19-,21-,22+/m0/s1. The molecule has 1 aromatic heterocycles. The van der Waals surface area contributed by atoms with Crippen LogP contribution in [0.25, 0.3) is 0 Å². The van der Waals surface area contributed by atoms with Crippen molar-refractivity contribution < 1.29 is 28.6 Å². The van der Waals surface area contributed by atoms with Gasteiger partial charge in [-0.1, -0.05) is 17.7 Å². The fraction of sp³-hybridized carbons (Fsp3) is 0.464. The maximum Gasteiger partial charge on any atom is 0.338 e. The molecule has 0 saturated carbocycles. The van der Waals surface area contributed by atoms with Gasteiger partial charge in [0.1, 0.15) is 17.9 Å². The molecular weight excluding hydrogens is 587 g/mol. The number of rotatable bonds is 7. The fourth-order valence-corrected chi connectivity index (χ4v) is 6.50. The van der Waals surface area contributed by atoms with Crippen molar-refractivity contribution in [3.05, 3.63) is 62.5 Å². The van der Waals surface area contributed by atoms with Crippen LogP contribution in [0.1, 0.15) is 44.3 Å². The molecule has 2 aromatic rings. The number of amides is 2. The predicted molar refractivity (Wildman–Crippen MR) is 155 cm³/mol. The van der Waals surface area contributed by atoms with Crippen molar-refractivity contribution in [3.63, 3.8) is 0 Å². The molecule has 0 bridgehead atoms. The molecule has 2 saturated heterocycles. The van der Waals surface area contributed by atoms with Crippen LogP contribution in [0.4, 0.5) is 9.18 Å². The highest BCUT2D eigenvalue weighted by Crippen LogP contribution is 2.38. The average Bonchev–Trinajstić information content (AvgIpc) is 3.56. The van der Waals surface area contributed by atoms with Crippen LogP contribution in [0.15, 0.2) is 46.0 Å². The molecule has 3 atom stereocenters. The zero-order chi connectivity index (χ0) is 30.3. The molecule has 4 heterocycles. The van der Waals surface area contributed by atoms with Crippen LogP contribution in [0.2, 0.25) is 5.02 Å². The third-order valence-electron chi connectivity index (χ3n) is 7.57. The van der Waals surface area contributed by atoms with Gasteiger partial charge in [0.05, 0.1) is 18.2 Å². The van der Waals surface area contributed by atoms with Crippen molar-refractivity contribution >= 4 is 46.7 Å². The molecular formula is C28H32ClFN6O5S. The lowest BCUT2D eigenvalue weighted by atomic mass is 9.94. The van der Waals surface area contributed by atoms with Crippen molar-refractivity contribution in [3.8, 4) is 0 Å². The molecule has 0 radical (unpaired) electrons. The summed E-state index contributed by atoms with van der Waals surface area (Å²) in [6, 6.07) is 1.07. The maximum atomic E-state index is 14.0. The monoisotopic (exact) mass is 618 g/mol. The number of hydrogen-bond acceptors (Lipinski definition) is 9. The quantitative estimate of drug-likeness (QED) is 0.451. The molecule has 3 aliphatic heterocycles. The van der Waals surface area contributed by atoms with E-state index in [0.29, 0.717) is 28.6 Å². The number of ether oxygens (including phenoxy) is 1. The molecule has 2 amide bonds. The molecule has 1 aromatic carbocycles. The van der Waals surface area contributed by atoms with Gasteiger partial charge in [-0.05, 0) is 39.8 Å². The Kier molecular flexibility index (Phi) is 8.28. The number of benzene rings is 1. The Balaban J connectivity index is 1.58. The van der Waals surface area contributed by atoms with Gasteiger partial charge in [0.15, 0.2) is 10.8 Å². The van der Waals surface area contributed by atoms with Gasteiger partial charge in [-0.3, -0.25) is 14.7 Å². The number of urea groups is 1. The van der Waals surface area contributed by atoms with Crippen molar-refractivity contribution in [1.29, 1.82) is 0 Å². The Morgan fingerprint density at radius 1 is 1.29 bits per heavy atom. The number of amidine groups is 1. The molecule has 0 aliphatic carbocycles. The molecule has 11 nitrogen and oxygen atoms in total. The average molecular weight is 619 g/mol. The van der Waals surface area contributed by atoms with E-state index in [1.54, 1.807) is 33.2 Å². The molecule has 0 unspecified atom stereocenters. The second-order valence-corrected chi connectivity index (χ2v) is 12.5. The topological polar surface area (TPSA) is 128 Å². The summed E-state index contributed by atoms with van der Waals surface area (Å²) in [6.07, 6.45) is 1.62. The van der Waals surface area contributed by atoms with E-state index in [4.69, 9.17) is 21.3 Å². The number of fused-ring (bicyclic) bond motifs is 1. The summed E-state index contributed by atoms with van der Waals surface area (Å²) in [4.78, 5) is 53.6. The maximum absolute atomic E-state index is 14.0. The van der Waals surface area contributed by atoms with Gasteiger partial charge in [0, 0.05) is 59.6 Å². The minimum Gasteiger partial charge on any atom is -0.480 e. The number of carbonyl (C=O) groups is 3. The highest BCUT2D eigenvalue weighted by molar-refractivity contribution is 7.11. The van der Waals surface area contributed by atoms with Crippen LogP contribution in [0, 0.1) is 5.82 Å². The first-order chi connectivity index (χ1) is 19.9. The Hall–Kier alpha value is -3.55. The second-order valence-electron chi connectivity index (χ2n) is 11.2. The third-order valence-corrected chi connectivity index (χ3v) is 8.68. The molecule has 3 aliphatic rings. The van der Waals surface area contributed by atoms with E-state index in [0.717, 1.165) is 6.07 Å². The number of carboxylic acids is 1. The van der Waals surface area contributed by atoms with Gasteiger partial charge in [0.2, 0.25) is 0 Å². The SMILES string of the molecule is CCOC(=O)C1=C(CN2CCN3C(=O)N(C(C)(C)C)C[C@H]3[C@@H]2C(=O)O)NC(c2nccs2)=N[C@H]1c1ccc(F)cc1Cl. The number of aliphatic imine (C=N–C) groups is 1. The highest BCUT2D eigenvalue weighted by Gasteiger charge is 2.52. The van der Waals surface area contributed by atoms with Gasteiger partial charge in [-0.15, -0.1) is 11.3 Å². The van der Waals surface area contributed by atoms with E-state index in [1.807, 2.05) is 20.8 Å². The summed E-state index contributed by atoms with van der Waals surface area (Å²) in [7, 11) is 0. The first kappa shape index (κ1) is 29.9. The van der Waals surface area contributed by atoms with Crippen molar-refractivity contribution in [1.82, 2.24) is 25.0 Å². The molecule has 42 heavy (non-hydrogen) atoms. The number of piperazine rings is 1. The summed E-state index contributed by atoms with van der Waals surface area (Å²) in [5.41, 5.74) is 0.413. The molecule has 0 spiro atoms. The molecule has 224 valence electrons. The number of halogens is 2. The van der Waals surface area contributed by atoms with Gasteiger partial charge in [0.25, 0.3) is 0 Å². The van der Waals surface area contributed by atoms with E-state index >= 15 is 0 Å². The lowest BCUT2D eigenvalue weighted by Crippen LogP contribution is -2.62. The predicted octanol–water partition coefficient (Wildman–Crippen LogP) is 3.52. The van der Waals surface area contributed by atoms with Crippen molar-refractivity contribution in [2.75, 3.05) is 32.8 Å². The molecule has 14 heteroatoms. The number of nitrogens with one attached hydrogen (secondary N) is 1. The number of hydrogen-bond donors (Lipinski definition) is 2. The number of carboxylic acid groups (broad SMARTS) is 1. The minimum atomic E-state index is -1.07. The zero-order valence-electron chi connectivity index (χ0n) is 23.6. The number of carbonyl (C=O) groups excluding carboxylic acids is 2. The van der Waals surface area contributed by atoms with Crippen LogP contribution >= 0.6 is 22.9 Å². The fourth-order valence-electron chi connectivity index (χ4n) is 5.64. The highest BCUT2D eigenvalue weighted by atomic mass is 35.5. The van der Waals surface area contributed by atoms with Crippen LogP contribution in [-0.2, 0) is 14.3 Å². The molecule has 5 rings (SSSR count). The summed E-state index contributed by atoms with van der Waals surface area (Å²) in [6.45, 7) is 8.36. The second kappa shape index (κ2) is 11.6.